The zero-order valence-electron chi connectivity index (χ0n) is 19.8. The molecule has 1 aromatic heterocycles. The summed E-state index contributed by atoms with van der Waals surface area (Å²) in [5, 5.41) is 2.29. The van der Waals surface area contributed by atoms with Crippen LogP contribution in [-0.2, 0) is 19.0 Å². The Morgan fingerprint density at radius 3 is 2.37 bits per heavy atom. The Morgan fingerprint density at radius 2 is 1.74 bits per heavy atom. The van der Waals surface area contributed by atoms with Crippen molar-refractivity contribution in [1.29, 1.82) is 0 Å². The molecular weight excluding hydrogens is 701 g/mol. The molecule has 1 aliphatic heterocycles. The second-order valence-electron chi connectivity index (χ2n) is 8.10. The number of rotatable bonds is 8. The molecule has 3 atom stereocenters. The number of halogens is 2. The zero-order chi connectivity index (χ0) is 27.3. The summed E-state index contributed by atoms with van der Waals surface area (Å²) in [5.41, 5.74) is -0.940. The number of alkyl halides is 2. The van der Waals surface area contributed by atoms with E-state index in [2.05, 4.69) is 10.3 Å². The molecule has 1 N–H and O–H groups in total. The fourth-order valence-corrected chi connectivity index (χ4v) is 6.36. The van der Waals surface area contributed by atoms with Crippen molar-refractivity contribution in [2.75, 3.05) is 11.9 Å². The Morgan fingerprint density at radius 1 is 1.08 bits per heavy atom. The van der Waals surface area contributed by atoms with Gasteiger partial charge >= 0.3 is 227 Å². The van der Waals surface area contributed by atoms with E-state index in [1.165, 1.54) is 19.1 Å². The first kappa shape index (κ1) is 27.5. The number of ether oxygens (including phenoxy) is 3. The summed E-state index contributed by atoms with van der Waals surface area (Å²) in [6.45, 7) is 0.531. The van der Waals surface area contributed by atoms with Gasteiger partial charge in [-0.3, -0.25) is 0 Å². The standard InChI is InChI=1S/C19H16F2N3O7.C6H5.Bi/c1-11(26)22-14-7-8-24(18(28)23-14)17-19(20,21)15(30-10-25)13(31-17)9-29-16(27)12-5-3-2-4-6-12;1-2-4-6-5-3-1;/h2-8,13,15,17H,9H2,1H3,(H,22,23,26,28);1-5H;/t13-,15+,17-;;/m1../s1. The third kappa shape index (κ3) is 6.46. The number of anilines is 1. The molecule has 1 aliphatic rings. The summed E-state index contributed by atoms with van der Waals surface area (Å²) in [5.74, 6) is -5.32. The molecule has 1 amide bonds. The molecule has 1 saturated heterocycles. The molecule has 13 heteroatoms. The van der Waals surface area contributed by atoms with Crippen LogP contribution in [0.25, 0.3) is 0 Å². The summed E-state index contributed by atoms with van der Waals surface area (Å²) in [7, 11) is 0. The van der Waals surface area contributed by atoms with E-state index in [1.54, 1.807) is 48.5 Å². The molecule has 0 spiro atoms. The predicted molar refractivity (Wildman–Crippen MR) is 130 cm³/mol. The number of hydrogen-bond acceptors (Lipinski definition) is 8. The van der Waals surface area contributed by atoms with E-state index in [-0.39, 0.29) is 11.4 Å². The SMILES string of the molecule is CC(=O)Nc1ccn([C@@H]2O[C@H](COC(=O)c3ccccc3)[C@H](O[C](=O)[Bi][c]3ccccc3)C2(F)F)c(=O)n1. The summed E-state index contributed by atoms with van der Waals surface area (Å²) in [4.78, 5) is 52.4. The number of nitrogens with one attached hydrogen (secondary N) is 1. The van der Waals surface area contributed by atoms with Crippen molar-refractivity contribution < 1.29 is 37.4 Å². The van der Waals surface area contributed by atoms with Crippen LogP contribution in [0.5, 0.6) is 0 Å². The Labute approximate surface area is 226 Å². The average molecular weight is 722 g/mol. The summed E-state index contributed by atoms with van der Waals surface area (Å²) in [6, 6.07) is 17.7. The molecule has 0 saturated carbocycles. The Bertz CT molecular complexity index is 1370. The van der Waals surface area contributed by atoms with E-state index in [9.17, 15) is 19.2 Å². The van der Waals surface area contributed by atoms with Crippen molar-refractivity contribution >= 4 is 47.9 Å². The van der Waals surface area contributed by atoms with E-state index in [0.717, 1.165) is 15.5 Å². The van der Waals surface area contributed by atoms with Crippen LogP contribution in [0.2, 0.25) is 0 Å². The molecule has 2 aromatic carbocycles. The van der Waals surface area contributed by atoms with E-state index in [1.807, 2.05) is 0 Å². The van der Waals surface area contributed by atoms with Crippen LogP contribution in [-0.4, -0.2) is 73.1 Å². The van der Waals surface area contributed by atoms with Crippen LogP contribution in [0, 0.1) is 0 Å². The summed E-state index contributed by atoms with van der Waals surface area (Å²) < 4.78 is 47.7. The molecule has 1 fully saturated rings. The topological polar surface area (TPSA) is 126 Å². The molecule has 10 nitrogen and oxygen atoms in total. The Balaban J connectivity index is 1.58. The quantitative estimate of drug-likeness (QED) is 0.277. The van der Waals surface area contributed by atoms with Crippen molar-refractivity contribution in [2.24, 2.45) is 0 Å². The van der Waals surface area contributed by atoms with Gasteiger partial charge in [-0.1, -0.05) is 0 Å². The van der Waals surface area contributed by atoms with Gasteiger partial charge in [-0.25, -0.2) is 0 Å². The number of carbonyl (C=O) groups is 3. The van der Waals surface area contributed by atoms with Gasteiger partial charge in [-0.05, 0) is 0 Å². The van der Waals surface area contributed by atoms with Gasteiger partial charge in [-0.15, -0.1) is 0 Å². The monoisotopic (exact) mass is 722 g/mol. The molecule has 38 heavy (non-hydrogen) atoms. The number of amides is 1. The van der Waals surface area contributed by atoms with E-state index < -0.39 is 75.4 Å². The molecule has 2 heterocycles. The van der Waals surface area contributed by atoms with Crippen LogP contribution >= 0.6 is 0 Å². The molecule has 0 aliphatic carbocycles. The maximum atomic E-state index is 15.7. The molecule has 0 bridgehead atoms. The van der Waals surface area contributed by atoms with Gasteiger partial charge < -0.3 is 0 Å². The maximum absolute atomic E-state index is 15.7. The summed E-state index contributed by atoms with van der Waals surface area (Å²) >= 11 is -2.18. The Hall–Kier alpha value is -3.57. The zero-order valence-corrected chi connectivity index (χ0v) is 23.3. The normalized spacial score (nSPS) is 19.9. The third-order valence-corrected chi connectivity index (χ3v) is 8.61. The number of nitrogens with zero attached hydrogens (tertiary/aromatic N) is 2. The van der Waals surface area contributed by atoms with Gasteiger partial charge in [0, 0.05) is 0 Å². The number of benzene rings is 2. The third-order valence-electron chi connectivity index (χ3n) is 5.33. The molecule has 1 radical (unpaired) electrons. The van der Waals surface area contributed by atoms with Gasteiger partial charge in [0.05, 0.1) is 0 Å². The summed E-state index contributed by atoms with van der Waals surface area (Å²) in [6.07, 6.45) is -4.95. The first-order valence-electron chi connectivity index (χ1n) is 11.2. The van der Waals surface area contributed by atoms with Crippen LogP contribution in [0.4, 0.5) is 19.4 Å². The van der Waals surface area contributed by atoms with Gasteiger partial charge in [0.25, 0.3) is 0 Å². The van der Waals surface area contributed by atoms with Crippen molar-refractivity contribution in [3.8, 4) is 0 Å². The number of esters is 1. The van der Waals surface area contributed by atoms with Crippen molar-refractivity contribution in [3.63, 3.8) is 0 Å². The van der Waals surface area contributed by atoms with Gasteiger partial charge in [-0.2, -0.15) is 0 Å². The number of hydrogen-bond donors (Lipinski definition) is 1. The van der Waals surface area contributed by atoms with Crippen molar-refractivity contribution in [3.05, 3.63) is 89.0 Å². The minimum absolute atomic E-state index is 0.132. The minimum atomic E-state index is -3.89. The van der Waals surface area contributed by atoms with Crippen LogP contribution < -0.4 is 14.3 Å². The first-order valence-corrected chi connectivity index (χ1v) is 14.7. The molecular formula is C25H21BiF2N3O7. The van der Waals surface area contributed by atoms with Crippen LogP contribution in [0.3, 0.4) is 0 Å². The molecule has 4 rings (SSSR count). The van der Waals surface area contributed by atoms with E-state index in [0.29, 0.717) is 4.57 Å². The van der Waals surface area contributed by atoms with Crippen molar-refractivity contribution in [1.82, 2.24) is 9.55 Å². The second kappa shape index (κ2) is 11.9. The molecule has 3 aromatic rings. The Kier molecular flexibility index (Phi) is 8.58. The molecule has 197 valence electrons. The van der Waals surface area contributed by atoms with Gasteiger partial charge in [0.1, 0.15) is 0 Å². The second-order valence-corrected chi connectivity index (χ2v) is 12.4. The molecule has 0 unspecified atom stereocenters. The first-order chi connectivity index (χ1) is 18.1. The van der Waals surface area contributed by atoms with Gasteiger partial charge in [0.2, 0.25) is 0 Å². The number of aromatic nitrogens is 2. The fraction of sp³-hybridized carbons (Fsp3) is 0.240. The van der Waals surface area contributed by atoms with Crippen molar-refractivity contribution in [2.45, 2.75) is 31.3 Å². The van der Waals surface area contributed by atoms with Gasteiger partial charge in [0.15, 0.2) is 0 Å². The average Bonchev–Trinajstić information content (AvgIpc) is 3.12. The van der Waals surface area contributed by atoms with Crippen LogP contribution in [0.15, 0.2) is 77.7 Å². The number of carbonyl (C=O) groups excluding carboxylic acids is 3. The van der Waals surface area contributed by atoms with E-state index in [4.69, 9.17) is 14.2 Å². The van der Waals surface area contributed by atoms with Crippen LogP contribution in [0.1, 0.15) is 23.5 Å². The van der Waals surface area contributed by atoms with E-state index >= 15 is 8.78 Å². The fourth-order valence-electron chi connectivity index (χ4n) is 3.65. The predicted octanol–water partition coefficient (Wildman–Crippen LogP) is 2.13.